The van der Waals surface area contributed by atoms with Gasteiger partial charge in [-0.2, -0.15) is 0 Å². The maximum Gasteiger partial charge on any atom is 0.127 e. The molecule has 2 heterocycles. The molecule has 0 atom stereocenters. The molecule has 0 saturated carbocycles. The van der Waals surface area contributed by atoms with Gasteiger partial charge in [0.1, 0.15) is 18.1 Å². The molecule has 4 nitrogen and oxygen atoms in total. The van der Waals surface area contributed by atoms with Crippen molar-refractivity contribution in [1.29, 1.82) is 0 Å². The number of phenols is 1. The van der Waals surface area contributed by atoms with Crippen molar-refractivity contribution in [3.8, 4) is 11.5 Å². The van der Waals surface area contributed by atoms with Crippen LogP contribution in [0.1, 0.15) is 40.6 Å². The van der Waals surface area contributed by atoms with E-state index in [1.807, 2.05) is 110 Å². The number of nitrogens with zero attached hydrogens (tertiary/aromatic N) is 2. The largest absolute Gasteiger partial charge is 0.507 e. The fourth-order valence-corrected chi connectivity index (χ4v) is 4.66. The van der Waals surface area contributed by atoms with Gasteiger partial charge < -0.3 is 32.4 Å². The van der Waals surface area contributed by atoms with Crippen LogP contribution in [0.3, 0.4) is 0 Å². The first-order valence-electron chi connectivity index (χ1n) is 14.2. The van der Waals surface area contributed by atoms with E-state index in [-0.39, 0.29) is 18.6 Å². The maximum atomic E-state index is 9.50. The van der Waals surface area contributed by atoms with Crippen LogP contribution >= 0.6 is 22.6 Å². The van der Waals surface area contributed by atoms with Crippen LogP contribution in [0.2, 0.25) is 0 Å². The third-order valence-corrected chi connectivity index (χ3v) is 6.95. The summed E-state index contributed by atoms with van der Waals surface area (Å²) < 4.78 is 5.99. The van der Waals surface area contributed by atoms with Crippen LogP contribution in [0.25, 0.3) is 21.5 Å². The first kappa shape index (κ1) is 36.8. The molecule has 0 unspecified atom stereocenters. The minimum atomic E-state index is 0. The van der Waals surface area contributed by atoms with Crippen molar-refractivity contribution >= 4 is 44.1 Å². The number of benzene rings is 4. The number of hydrogen-bond donors (Lipinski definition) is 1. The number of ether oxygens (including phenoxy) is 1. The van der Waals surface area contributed by atoms with Crippen molar-refractivity contribution in [2.75, 3.05) is 0 Å². The Bertz CT molecular complexity index is 1720. The zero-order valence-corrected chi connectivity index (χ0v) is 29.6. The summed E-state index contributed by atoms with van der Waals surface area (Å²) in [6.07, 6.45) is 4.78. The first-order valence-corrected chi connectivity index (χ1v) is 15.8. The standard InChI is InChI=1S/C18H17NO.C11H10O.C8H11N.CH2I.V/c1-13-7-8-18(17-6-4-3-5-16(13)17)20-12-15-9-10-19-14(2)11-15;1-8-6-7-11(12)10-5-3-2-4-9(8)10;1-3-8-4-5-9-7(2)6-8;1-2;/h3-11H,12H2,1-2H3;2-7,12H,1H3;4-6H,3H2,1-2H3;1H2;/q;;;-1;. The smallest absolute Gasteiger partial charge is 0.127 e. The quantitative estimate of drug-likeness (QED) is 0.145. The van der Waals surface area contributed by atoms with Gasteiger partial charge in [-0.3, -0.25) is 14.9 Å². The molecular formula is C38H40IN2O2V-. The average Bonchev–Trinajstić information content (AvgIpc) is 3.04. The number of halogens is 1. The summed E-state index contributed by atoms with van der Waals surface area (Å²) in [5.74, 6) is 1.29. The molecule has 2 aromatic heterocycles. The maximum absolute atomic E-state index is 9.50. The van der Waals surface area contributed by atoms with Gasteiger partial charge in [0.05, 0.1) is 0 Å². The van der Waals surface area contributed by atoms with Gasteiger partial charge in [-0.25, -0.2) is 0 Å². The Hall–Kier alpha value is -3.39. The molecule has 6 heteroatoms. The Morgan fingerprint density at radius 1 is 0.636 bits per heavy atom. The predicted octanol–water partition coefficient (Wildman–Crippen LogP) is 10.4. The Kier molecular flexibility index (Phi) is 16.0. The molecule has 6 rings (SSSR count). The molecule has 227 valence electrons. The second-order valence-electron chi connectivity index (χ2n) is 10.1. The summed E-state index contributed by atoms with van der Waals surface area (Å²) >= 11 is 1.90. The second-order valence-corrected chi connectivity index (χ2v) is 10.1. The summed E-state index contributed by atoms with van der Waals surface area (Å²) in [6, 6.07) is 32.2. The third-order valence-electron chi connectivity index (χ3n) is 6.95. The van der Waals surface area contributed by atoms with E-state index in [0.29, 0.717) is 12.4 Å². The number of aromatic hydroxyl groups is 1. The van der Waals surface area contributed by atoms with E-state index in [4.69, 9.17) is 4.74 Å². The Morgan fingerprint density at radius 3 is 1.64 bits per heavy atom. The zero-order chi connectivity index (χ0) is 31.2. The molecule has 0 aliphatic carbocycles. The van der Waals surface area contributed by atoms with Crippen LogP contribution in [0, 0.1) is 32.6 Å². The Morgan fingerprint density at radius 2 is 1.11 bits per heavy atom. The fourth-order valence-electron chi connectivity index (χ4n) is 4.66. The van der Waals surface area contributed by atoms with Crippen LogP contribution in [0.4, 0.5) is 0 Å². The van der Waals surface area contributed by atoms with Crippen LogP contribution in [0.5, 0.6) is 11.5 Å². The molecule has 0 spiro atoms. The van der Waals surface area contributed by atoms with E-state index in [2.05, 4.69) is 65.1 Å². The van der Waals surface area contributed by atoms with E-state index in [1.54, 1.807) is 6.07 Å². The molecule has 0 aliphatic rings. The molecule has 6 aromatic rings. The van der Waals surface area contributed by atoms with Gasteiger partial charge in [0.25, 0.3) is 0 Å². The van der Waals surface area contributed by atoms with Crippen LogP contribution in [-0.2, 0) is 31.6 Å². The summed E-state index contributed by atoms with van der Waals surface area (Å²) in [7, 11) is 0. The summed E-state index contributed by atoms with van der Waals surface area (Å²) in [5, 5.41) is 14.0. The predicted molar refractivity (Wildman–Crippen MR) is 190 cm³/mol. The monoisotopic (exact) mass is 734 g/mol. The van der Waals surface area contributed by atoms with E-state index < -0.39 is 0 Å². The van der Waals surface area contributed by atoms with Gasteiger partial charge in [-0.05, 0) is 104 Å². The summed E-state index contributed by atoms with van der Waals surface area (Å²) in [6.45, 7) is 10.9. The van der Waals surface area contributed by atoms with Gasteiger partial charge >= 0.3 is 0 Å². The van der Waals surface area contributed by atoms with Crippen molar-refractivity contribution in [2.45, 2.75) is 47.6 Å². The number of aromatic nitrogens is 2. The Labute approximate surface area is 288 Å². The molecule has 0 fully saturated rings. The summed E-state index contributed by atoms with van der Waals surface area (Å²) in [5.41, 5.74) is 7.09. The number of fused-ring (bicyclic) bond motifs is 2. The average molecular weight is 735 g/mol. The minimum Gasteiger partial charge on any atom is -0.507 e. The second kappa shape index (κ2) is 19.1. The van der Waals surface area contributed by atoms with Gasteiger partial charge in [0.15, 0.2) is 0 Å². The molecule has 0 amide bonds. The zero-order valence-electron chi connectivity index (χ0n) is 26.1. The number of aryl methyl sites for hydroxylation is 5. The minimum absolute atomic E-state index is 0. The molecular weight excluding hydrogens is 694 g/mol. The fraction of sp³-hybridized carbons (Fsp3) is 0.184. The number of phenolic OH excluding ortho intramolecular Hbond substituents is 1. The number of pyridine rings is 2. The van der Waals surface area contributed by atoms with Gasteiger partial charge in [-0.15, -0.1) is 0 Å². The van der Waals surface area contributed by atoms with E-state index in [0.717, 1.165) is 39.9 Å². The normalized spacial score (nSPS) is 9.80. The number of rotatable bonds is 4. The van der Waals surface area contributed by atoms with Gasteiger partial charge in [-0.1, -0.05) is 67.6 Å². The third kappa shape index (κ3) is 10.7. The molecule has 44 heavy (non-hydrogen) atoms. The van der Waals surface area contributed by atoms with Crippen molar-refractivity contribution in [1.82, 2.24) is 9.97 Å². The van der Waals surface area contributed by atoms with E-state index in [9.17, 15) is 5.11 Å². The van der Waals surface area contributed by atoms with Crippen LogP contribution < -0.4 is 4.74 Å². The topological polar surface area (TPSA) is 55.2 Å². The Balaban J connectivity index is 0.000000241. The van der Waals surface area contributed by atoms with Crippen molar-refractivity contribution in [2.24, 2.45) is 0 Å². The van der Waals surface area contributed by atoms with E-state index in [1.165, 1.54) is 27.5 Å². The SMILES string of the molecule is CCc1ccnc(C)c1.Cc1cc(COc2ccc(C)c3ccccc23)ccn1.Cc1ccc(O)c2ccccc12.[CH2-]I.[V]. The summed E-state index contributed by atoms with van der Waals surface area (Å²) in [4.78, 5) is 11.5. The number of hydrogen-bond acceptors (Lipinski definition) is 4. The first-order chi connectivity index (χ1) is 20.9. The molecule has 0 bridgehead atoms. The van der Waals surface area contributed by atoms with Gasteiger partial charge in [0.2, 0.25) is 0 Å². The molecule has 0 aliphatic heterocycles. The molecule has 1 radical (unpaired) electrons. The van der Waals surface area contributed by atoms with Crippen molar-refractivity contribution in [3.63, 3.8) is 0 Å². The molecule has 0 saturated heterocycles. The molecule has 4 aromatic carbocycles. The molecule has 1 N–H and O–H groups in total. The van der Waals surface area contributed by atoms with Crippen molar-refractivity contribution < 1.29 is 28.4 Å². The van der Waals surface area contributed by atoms with Crippen LogP contribution in [0.15, 0.2) is 109 Å². The van der Waals surface area contributed by atoms with Crippen LogP contribution in [-0.4, -0.2) is 15.1 Å². The van der Waals surface area contributed by atoms with Gasteiger partial charge in [0, 0.05) is 53.1 Å². The van der Waals surface area contributed by atoms with E-state index >= 15 is 0 Å². The van der Waals surface area contributed by atoms with Crippen molar-refractivity contribution in [3.05, 3.63) is 148 Å².